The van der Waals surface area contributed by atoms with E-state index in [2.05, 4.69) is 10.6 Å². The number of aliphatic hydroxyl groups is 1. The van der Waals surface area contributed by atoms with E-state index in [1.54, 1.807) is 30.3 Å². The summed E-state index contributed by atoms with van der Waals surface area (Å²) >= 11 is 5.88. The number of carbonyl (C=O) groups is 3. The van der Waals surface area contributed by atoms with Crippen LogP contribution in [-0.2, 0) is 19.6 Å². The number of ether oxygens (including phenoxy) is 1. The Kier molecular flexibility index (Phi) is 8.21. The van der Waals surface area contributed by atoms with Crippen molar-refractivity contribution in [2.24, 2.45) is 5.14 Å². The maximum Gasteiger partial charge on any atom is 0.338 e. The molecule has 1 fully saturated rings. The number of sulfonamides is 1. The molecule has 4 rings (SSSR count). The number of hydrogen-bond donors (Lipinski definition) is 4. The number of nitrogens with one attached hydrogen (secondary N) is 2. The lowest BCUT2D eigenvalue weighted by molar-refractivity contribution is -0.119. The maximum atomic E-state index is 13.2. The van der Waals surface area contributed by atoms with Crippen molar-refractivity contribution >= 4 is 50.9 Å². The highest BCUT2D eigenvalue weighted by Gasteiger charge is 2.39. The van der Waals surface area contributed by atoms with Gasteiger partial charge in [0.25, 0.3) is 0 Å². The van der Waals surface area contributed by atoms with Gasteiger partial charge in [0.2, 0.25) is 15.9 Å². The summed E-state index contributed by atoms with van der Waals surface area (Å²) in [5, 5.41) is 21.4. The summed E-state index contributed by atoms with van der Waals surface area (Å²) in [7, 11) is -2.94. The summed E-state index contributed by atoms with van der Waals surface area (Å²) in [6.45, 7) is -0.0613. The van der Waals surface area contributed by atoms with Crippen LogP contribution in [0.1, 0.15) is 16.8 Å². The average Bonchev–Trinajstić information content (AvgIpc) is 3.31. The molecule has 1 aliphatic heterocycles. The zero-order valence-corrected chi connectivity index (χ0v) is 22.2. The van der Waals surface area contributed by atoms with E-state index in [9.17, 15) is 27.9 Å². The third-order valence-electron chi connectivity index (χ3n) is 6.11. The van der Waals surface area contributed by atoms with Crippen LogP contribution < -0.4 is 15.8 Å². The first-order valence-electron chi connectivity index (χ1n) is 11.6. The molecule has 0 spiro atoms. The quantitative estimate of drug-likeness (QED) is 0.329. The maximum absolute atomic E-state index is 13.2. The van der Waals surface area contributed by atoms with Crippen molar-refractivity contribution in [3.8, 4) is 11.1 Å². The number of urea groups is 1. The van der Waals surface area contributed by atoms with E-state index >= 15 is 0 Å². The summed E-state index contributed by atoms with van der Waals surface area (Å²) in [4.78, 5) is 39.7. The van der Waals surface area contributed by atoms with Crippen LogP contribution in [0.3, 0.4) is 0 Å². The Labute approximate surface area is 229 Å². The van der Waals surface area contributed by atoms with Crippen molar-refractivity contribution in [1.82, 2.24) is 4.90 Å². The van der Waals surface area contributed by atoms with Gasteiger partial charge < -0.3 is 25.4 Å². The smallest absolute Gasteiger partial charge is 0.338 e. The van der Waals surface area contributed by atoms with Crippen molar-refractivity contribution in [1.29, 1.82) is 0 Å². The summed E-state index contributed by atoms with van der Waals surface area (Å²) in [5.41, 5.74) is 1.04. The number of rotatable bonds is 6. The molecule has 0 radical (unpaired) electrons. The van der Waals surface area contributed by atoms with Crippen molar-refractivity contribution in [2.45, 2.75) is 23.5 Å². The van der Waals surface area contributed by atoms with E-state index in [4.69, 9.17) is 21.5 Å². The first-order chi connectivity index (χ1) is 18.5. The number of β-amino-alcohol motifs (C(OH)–C–C–N with tert-alkyl or cyclic N) is 1. The number of likely N-dealkylation sites (tertiary alicyclic amines) is 1. The van der Waals surface area contributed by atoms with Gasteiger partial charge >= 0.3 is 12.0 Å². The topological polar surface area (TPSA) is 168 Å². The fourth-order valence-electron chi connectivity index (χ4n) is 4.31. The van der Waals surface area contributed by atoms with Crippen molar-refractivity contribution < 1.29 is 32.6 Å². The molecule has 13 heteroatoms. The number of anilines is 2. The first kappa shape index (κ1) is 28.0. The largest absolute Gasteiger partial charge is 0.465 e. The van der Waals surface area contributed by atoms with E-state index in [1.807, 2.05) is 0 Å². The Morgan fingerprint density at radius 2 is 1.67 bits per heavy atom. The summed E-state index contributed by atoms with van der Waals surface area (Å²) in [6.07, 6.45) is -0.914. The summed E-state index contributed by atoms with van der Waals surface area (Å²) in [5.74, 6) is -1.36. The van der Waals surface area contributed by atoms with Crippen LogP contribution in [0.2, 0.25) is 5.02 Å². The van der Waals surface area contributed by atoms with Gasteiger partial charge in [-0.3, -0.25) is 4.79 Å². The normalized spacial score (nSPS) is 17.0. The fraction of sp³-hybridized carbons (Fsp3) is 0.192. The number of amides is 3. The number of nitrogens with two attached hydrogens (primary N) is 1. The molecule has 0 aliphatic carbocycles. The van der Waals surface area contributed by atoms with Gasteiger partial charge in [-0.15, -0.1) is 0 Å². The lowest BCUT2D eigenvalue weighted by atomic mass is 9.98. The molecule has 11 nitrogen and oxygen atoms in total. The number of halogens is 1. The Bertz CT molecular complexity index is 1530. The van der Waals surface area contributed by atoms with Gasteiger partial charge in [0.05, 0.1) is 23.7 Å². The molecule has 3 amide bonds. The van der Waals surface area contributed by atoms with Gasteiger partial charge in [-0.1, -0.05) is 35.9 Å². The van der Waals surface area contributed by atoms with Crippen LogP contribution in [0.5, 0.6) is 0 Å². The molecule has 1 heterocycles. The molecule has 39 heavy (non-hydrogen) atoms. The molecule has 1 aliphatic rings. The van der Waals surface area contributed by atoms with E-state index in [-0.39, 0.29) is 40.2 Å². The average molecular weight is 573 g/mol. The fourth-order valence-corrected chi connectivity index (χ4v) is 5.19. The van der Waals surface area contributed by atoms with Crippen LogP contribution in [0.25, 0.3) is 11.1 Å². The zero-order valence-electron chi connectivity index (χ0n) is 20.6. The highest BCUT2D eigenvalue weighted by molar-refractivity contribution is 7.89. The third-order valence-corrected chi connectivity index (χ3v) is 7.34. The Balaban J connectivity index is 1.60. The predicted molar refractivity (Wildman–Crippen MR) is 145 cm³/mol. The zero-order chi connectivity index (χ0) is 28.3. The van der Waals surface area contributed by atoms with Gasteiger partial charge in [0.1, 0.15) is 6.04 Å². The molecular weight excluding hydrogens is 548 g/mol. The minimum atomic E-state index is -4.11. The van der Waals surface area contributed by atoms with Crippen LogP contribution in [-0.4, -0.2) is 62.1 Å². The molecule has 0 aromatic heterocycles. The highest BCUT2D eigenvalue weighted by atomic mass is 35.5. The number of primary sulfonamides is 1. The van der Waals surface area contributed by atoms with Gasteiger partial charge in [-0.2, -0.15) is 0 Å². The van der Waals surface area contributed by atoms with E-state index in [0.29, 0.717) is 10.7 Å². The Hall–Kier alpha value is -3.97. The third kappa shape index (κ3) is 6.37. The monoisotopic (exact) mass is 572 g/mol. The van der Waals surface area contributed by atoms with Gasteiger partial charge in [0, 0.05) is 34.9 Å². The molecule has 0 saturated carbocycles. The molecule has 204 valence electrons. The molecule has 2 unspecified atom stereocenters. The second-order valence-electron chi connectivity index (χ2n) is 8.78. The molecule has 3 aromatic rings. The lowest BCUT2D eigenvalue weighted by Gasteiger charge is -2.24. The second kappa shape index (κ2) is 11.4. The number of esters is 1. The van der Waals surface area contributed by atoms with Gasteiger partial charge in [-0.25, -0.2) is 23.1 Å². The minimum Gasteiger partial charge on any atom is -0.465 e. The van der Waals surface area contributed by atoms with Crippen LogP contribution in [0.15, 0.2) is 71.6 Å². The first-order valence-corrected chi connectivity index (χ1v) is 13.6. The number of aliphatic hydroxyl groups excluding tert-OH is 1. The van der Waals surface area contributed by atoms with Crippen molar-refractivity contribution in [3.05, 3.63) is 77.3 Å². The van der Waals surface area contributed by atoms with E-state index < -0.39 is 40.1 Å². The summed E-state index contributed by atoms with van der Waals surface area (Å²) < 4.78 is 29.1. The second-order valence-corrected chi connectivity index (χ2v) is 10.7. The number of carbonyl (C=O) groups excluding carboxylic acids is 3. The van der Waals surface area contributed by atoms with Crippen molar-refractivity contribution in [3.63, 3.8) is 0 Å². The molecule has 3 aromatic carbocycles. The molecule has 0 bridgehead atoms. The van der Waals surface area contributed by atoms with E-state index in [1.165, 1.54) is 48.4 Å². The van der Waals surface area contributed by atoms with E-state index in [0.717, 1.165) is 0 Å². The predicted octanol–water partition coefficient (Wildman–Crippen LogP) is 3.05. The molecule has 2 atom stereocenters. The Morgan fingerprint density at radius 1 is 1.00 bits per heavy atom. The SMILES string of the molecule is COC(=O)c1cc(NC(=O)C2CC(O)CN2C(=O)Nc2ccc(Cl)cc2)ccc1-c1ccccc1S(N)(=O)=O. The molecular formula is C26H25ClN4O7S. The number of nitrogens with zero attached hydrogens (tertiary/aromatic N) is 1. The number of methoxy groups -OCH3 is 1. The molecule has 5 N–H and O–H groups in total. The summed E-state index contributed by atoms with van der Waals surface area (Å²) in [6, 6.07) is 15.0. The van der Waals surface area contributed by atoms with Gasteiger partial charge in [0.15, 0.2) is 0 Å². The number of benzene rings is 3. The highest BCUT2D eigenvalue weighted by Crippen LogP contribution is 2.32. The van der Waals surface area contributed by atoms with Crippen LogP contribution in [0.4, 0.5) is 16.2 Å². The molecule has 1 saturated heterocycles. The van der Waals surface area contributed by atoms with Crippen molar-refractivity contribution in [2.75, 3.05) is 24.3 Å². The standard InChI is InChI=1S/C26H25ClN4O7S/c1-38-25(34)21-12-17(10-11-19(21)20-4-2-3-5-23(20)39(28,36)37)29-24(33)22-13-18(32)14-31(22)26(35)30-16-8-6-15(27)7-9-16/h2-12,18,22,32H,13-14H2,1H3,(H,29,33)(H,30,35)(H2,28,36,37). The minimum absolute atomic E-state index is 0.00352. The van der Waals surface area contributed by atoms with Crippen LogP contribution in [0, 0.1) is 0 Å². The number of hydrogen-bond acceptors (Lipinski definition) is 7. The van der Waals surface area contributed by atoms with Gasteiger partial charge in [-0.05, 0) is 48.0 Å². The Morgan fingerprint density at radius 3 is 2.33 bits per heavy atom. The lowest BCUT2D eigenvalue weighted by Crippen LogP contribution is -2.45. The van der Waals surface area contributed by atoms with Crippen LogP contribution >= 0.6 is 11.6 Å².